The van der Waals surface area contributed by atoms with E-state index in [4.69, 9.17) is 14.2 Å². The van der Waals surface area contributed by atoms with Crippen LogP contribution < -0.4 is 9.47 Å². The summed E-state index contributed by atoms with van der Waals surface area (Å²) in [6, 6.07) is 5.96. The number of hydrogen-bond acceptors (Lipinski definition) is 3. The van der Waals surface area contributed by atoms with E-state index in [0.717, 1.165) is 24.5 Å². The first-order valence-electron chi connectivity index (χ1n) is 5.93. The van der Waals surface area contributed by atoms with Gasteiger partial charge in [-0.25, -0.2) is 0 Å². The maximum absolute atomic E-state index is 5.76. The van der Waals surface area contributed by atoms with E-state index in [1.807, 2.05) is 25.1 Å². The predicted molar refractivity (Wildman–Crippen MR) is 68.9 cm³/mol. The van der Waals surface area contributed by atoms with Gasteiger partial charge in [-0.05, 0) is 37.0 Å². The van der Waals surface area contributed by atoms with Crippen molar-refractivity contribution in [3.63, 3.8) is 0 Å². The lowest BCUT2D eigenvalue weighted by Gasteiger charge is -2.15. The molecule has 0 saturated heterocycles. The summed E-state index contributed by atoms with van der Waals surface area (Å²) in [4.78, 5) is 0. The quantitative estimate of drug-likeness (QED) is 0.730. The monoisotopic (exact) mass is 238 g/mol. The summed E-state index contributed by atoms with van der Waals surface area (Å²) < 4.78 is 16.1. The van der Waals surface area contributed by atoms with Crippen LogP contribution in [0, 0.1) is 12.8 Å². The highest BCUT2D eigenvalue weighted by molar-refractivity contribution is 5.42. The van der Waals surface area contributed by atoms with Gasteiger partial charge >= 0.3 is 0 Å². The zero-order valence-electron chi connectivity index (χ0n) is 11.2. The number of methoxy groups -OCH3 is 2. The van der Waals surface area contributed by atoms with Crippen LogP contribution in [-0.4, -0.2) is 27.4 Å². The Kier molecular flexibility index (Phi) is 5.84. The van der Waals surface area contributed by atoms with Gasteiger partial charge in [0.15, 0.2) is 11.5 Å². The van der Waals surface area contributed by atoms with Crippen LogP contribution in [0.2, 0.25) is 0 Å². The van der Waals surface area contributed by atoms with Crippen molar-refractivity contribution < 1.29 is 14.2 Å². The van der Waals surface area contributed by atoms with Gasteiger partial charge in [-0.2, -0.15) is 0 Å². The van der Waals surface area contributed by atoms with E-state index in [-0.39, 0.29) is 0 Å². The Morgan fingerprint density at radius 1 is 1.18 bits per heavy atom. The van der Waals surface area contributed by atoms with E-state index < -0.39 is 0 Å². The molecule has 0 aromatic heterocycles. The molecule has 0 aliphatic carbocycles. The molecule has 0 fully saturated rings. The Morgan fingerprint density at radius 3 is 2.59 bits per heavy atom. The van der Waals surface area contributed by atoms with Crippen LogP contribution in [0.5, 0.6) is 11.5 Å². The van der Waals surface area contributed by atoms with Crippen molar-refractivity contribution in [1.82, 2.24) is 0 Å². The average Bonchev–Trinajstić information content (AvgIpc) is 2.34. The number of aryl methyl sites for hydroxylation is 1. The first-order valence-corrected chi connectivity index (χ1v) is 5.93. The molecule has 0 bridgehead atoms. The third-order valence-corrected chi connectivity index (χ3v) is 2.66. The summed E-state index contributed by atoms with van der Waals surface area (Å²) in [5.41, 5.74) is 1.17. The number of hydrogen-bond donors (Lipinski definition) is 0. The molecule has 0 spiro atoms. The van der Waals surface area contributed by atoms with Crippen molar-refractivity contribution >= 4 is 0 Å². The fourth-order valence-corrected chi connectivity index (χ4v) is 1.53. The minimum absolute atomic E-state index is 0.473. The minimum atomic E-state index is 0.473. The smallest absolute Gasteiger partial charge is 0.161 e. The largest absolute Gasteiger partial charge is 0.493 e. The zero-order chi connectivity index (χ0) is 12.7. The molecule has 3 nitrogen and oxygen atoms in total. The Hall–Kier alpha value is -1.22. The van der Waals surface area contributed by atoms with Gasteiger partial charge in [0.1, 0.15) is 0 Å². The second-order valence-corrected chi connectivity index (χ2v) is 4.35. The molecule has 1 atom stereocenters. The Bertz CT molecular complexity index is 336. The lowest BCUT2D eigenvalue weighted by Crippen LogP contribution is -2.11. The lowest BCUT2D eigenvalue weighted by molar-refractivity contribution is 0.159. The van der Waals surface area contributed by atoms with E-state index in [9.17, 15) is 0 Å². The molecule has 17 heavy (non-hydrogen) atoms. The van der Waals surface area contributed by atoms with E-state index in [1.54, 1.807) is 14.2 Å². The molecule has 0 saturated carbocycles. The number of ether oxygens (including phenoxy) is 3. The van der Waals surface area contributed by atoms with Crippen molar-refractivity contribution in [1.29, 1.82) is 0 Å². The Labute approximate surface area is 104 Å². The molecule has 1 aromatic carbocycles. The van der Waals surface area contributed by atoms with Crippen LogP contribution >= 0.6 is 0 Å². The Balaban J connectivity index is 2.50. The molecule has 0 aliphatic rings. The van der Waals surface area contributed by atoms with E-state index >= 15 is 0 Å². The normalized spacial score (nSPS) is 12.2. The van der Waals surface area contributed by atoms with Crippen molar-refractivity contribution in [2.45, 2.75) is 20.3 Å². The highest BCUT2D eigenvalue weighted by atomic mass is 16.5. The van der Waals surface area contributed by atoms with Gasteiger partial charge in [0, 0.05) is 13.7 Å². The van der Waals surface area contributed by atoms with Crippen LogP contribution in [-0.2, 0) is 4.74 Å². The van der Waals surface area contributed by atoms with E-state index in [1.165, 1.54) is 5.56 Å². The third-order valence-electron chi connectivity index (χ3n) is 2.66. The van der Waals surface area contributed by atoms with Crippen LogP contribution in [0.15, 0.2) is 18.2 Å². The molecule has 0 radical (unpaired) electrons. The summed E-state index contributed by atoms with van der Waals surface area (Å²) in [7, 11) is 3.38. The predicted octanol–water partition coefficient (Wildman–Crippen LogP) is 3.06. The van der Waals surface area contributed by atoms with Gasteiger partial charge in [0.05, 0.1) is 13.7 Å². The first kappa shape index (κ1) is 13.8. The van der Waals surface area contributed by atoms with Crippen LogP contribution in [0.4, 0.5) is 0 Å². The van der Waals surface area contributed by atoms with Crippen molar-refractivity contribution in [2.24, 2.45) is 5.92 Å². The fraction of sp³-hybridized carbons (Fsp3) is 0.571. The highest BCUT2D eigenvalue weighted by Gasteiger charge is 2.07. The summed E-state index contributed by atoms with van der Waals surface area (Å²) in [5, 5.41) is 0. The number of rotatable bonds is 7. The van der Waals surface area contributed by atoms with Gasteiger partial charge in [0.2, 0.25) is 0 Å². The van der Waals surface area contributed by atoms with E-state index in [2.05, 4.69) is 6.92 Å². The molecule has 0 aliphatic heterocycles. The standard InChI is InChI=1S/C14H22O3/c1-11-5-6-13(14(9-11)16-4)17-10-12(2)7-8-15-3/h5-6,9,12H,7-8,10H2,1-4H3. The molecule has 3 heteroatoms. The molecule has 0 amide bonds. The minimum Gasteiger partial charge on any atom is -0.493 e. The van der Waals surface area contributed by atoms with Crippen molar-refractivity contribution in [3.8, 4) is 11.5 Å². The fourth-order valence-electron chi connectivity index (χ4n) is 1.53. The van der Waals surface area contributed by atoms with Gasteiger partial charge in [-0.3, -0.25) is 0 Å². The maximum atomic E-state index is 5.76. The summed E-state index contributed by atoms with van der Waals surface area (Å²) in [6.45, 7) is 5.64. The van der Waals surface area contributed by atoms with Gasteiger partial charge in [0.25, 0.3) is 0 Å². The van der Waals surface area contributed by atoms with E-state index in [0.29, 0.717) is 12.5 Å². The van der Waals surface area contributed by atoms with Crippen molar-refractivity contribution in [2.75, 3.05) is 27.4 Å². The highest BCUT2D eigenvalue weighted by Crippen LogP contribution is 2.28. The summed E-state index contributed by atoms with van der Waals surface area (Å²) in [6.07, 6.45) is 1.00. The molecule has 96 valence electrons. The molecule has 0 N–H and O–H groups in total. The molecule has 1 unspecified atom stereocenters. The molecule has 1 rings (SSSR count). The van der Waals surface area contributed by atoms with Gasteiger partial charge in [-0.1, -0.05) is 13.0 Å². The second-order valence-electron chi connectivity index (χ2n) is 4.35. The molecular formula is C14H22O3. The van der Waals surface area contributed by atoms with Gasteiger partial charge < -0.3 is 14.2 Å². The summed E-state index contributed by atoms with van der Waals surface area (Å²) >= 11 is 0. The summed E-state index contributed by atoms with van der Waals surface area (Å²) in [5.74, 6) is 2.08. The SMILES string of the molecule is COCCC(C)COc1ccc(C)cc1OC. The van der Waals surface area contributed by atoms with Crippen molar-refractivity contribution in [3.05, 3.63) is 23.8 Å². The first-order chi connectivity index (χ1) is 8.17. The molecule has 0 heterocycles. The van der Waals surface area contributed by atoms with Crippen LogP contribution in [0.25, 0.3) is 0 Å². The maximum Gasteiger partial charge on any atom is 0.161 e. The lowest BCUT2D eigenvalue weighted by atomic mass is 10.1. The van der Waals surface area contributed by atoms with Crippen LogP contribution in [0.1, 0.15) is 18.9 Å². The number of benzene rings is 1. The molecule has 1 aromatic rings. The average molecular weight is 238 g/mol. The Morgan fingerprint density at radius 2 is 1.94 bits per heavy atom. The molecular weight excluding hydrogens is 216 g/mol. The third kappa shape index (κ3) is 4.65. The topological polar surface area (TPSA) is 27.7 Å². The van der Waals surface area contributed by atoms with Crippen LogP contribution in [0.3, 0.4) is 0 Å². The second kappa shape index (κ2) is 7.17. The zero-order valence-corrected chi connectivity index (χ0v) is 11.2. The van der Waals surface area contributed by atoms with Gasteiger partial charge in [-0.15, -0.1) is 0 Å².